The molecule has 0 bridgehead atoms. The van der Waals surface area contributed by atoms with E-state index in [2.05, 4.69) is 23.7 Å². The summed E-state index contributed by atoms with van der Waals surface area (Å²) in [5.41, 5.74) is 1.19. The molecule has 0 aliphatic carbocycles. The lowest BCUT2D eigenvalue weighted by Gasteiger charge is -2.33. The number of benzene rings is 1. The maximum atomic E-state index is 12.8. The molecule has 0 N–H and O–H groups in total. The van der Waals surface area contributed by atoms with E-state index < -0.39 is 10.0 Å². The van der Waals surface area contributed by atoms with Gasteiger partial charge in [-0.15, -0.1) is 11.3 Å². The summed E-state index contributed by atoms with van der Waals surface area (Å²) in [5, 5.41) is 2.90. The van der Waals surface area contributed by atoms with Crippen molar-refractivity contribution in [1.29, 1.82) is 0 Å². The number of hydrogen-bond acceptors (Lipinski definition) is 5. The second-order valence-electron chi connectivity index (χ2n) is 6.08. The van der Waals surface area contributed by atoms with Gasteiger partial charge in [-0.2, -0.15) is 4.31 Å². The number of sulfonamides is 1. The van der Waals surface area contributed by atoms with Crippen LogP contribution in [0.1, 0.15) is 31.7 Å². The third-order valence-corrected chi connectivity index (χ3v) is 7.37. The number of hydrogen-bond donors (Lipinski definition) is 0. The minimum atomic E-state index is -3.41. The molecule has 0 amide bonds. The van der Waals surface area contributed by atoms with E-state index in [1.54, 1.807) is 34.0 Å². The molecule has 1 aromatic carbocycles. The molecule has 1 aliphatic heterocycles. The van der Waals surface area contributed by atoms with Gasteiger partial charge in [-0.05, 0) is 30.0 Å². The highest BCUT2D eigenvalue weighted by Crippen LogP contribution is 2.24. The molecule has 0 saturated carbocycles. The standard InChI is InChI=1S/C17H23N3O2S2/c1-3-14(2)15-4-6-16(7-5-15)24(21,22)20-11-9-19(10-12-20)17-18-8-13-23-17/h4-8,13-14H,3,9-12H2,1-2H3/t14-/m0/s1. The Balaban J connectivity index is 1.70. The number of thiazole rings is 1. The van der Waals surface area contributed by atoms with Crippen LogP contribution in [0.25, 0.3) is 0 Å². The van der Waals surface area contributed by atoms with Crippen molar-refractivity contribution < 1.29 is 8.42 Å². The van der Waals surface area contributed by atoms with Gasteiger partial charge in [0.2, 0.25) is 10.0 Å². The van der Waals surface area contributed by atoms with Crippen molar-refractivity contribution >= 4 is 26.5 Å². The number of nitrogens with zero attached hydrogens (tertiary/aromatic N) is 3. The zero-order chi connectivity index (χ0) is 17.2. The Bertz CT molecular complexity index is 750. The topological polar surface area (TPSA) is 53.5 Å². The third kappa shape index (κ3) is 3.48. The van der Waals surface area contributed by atoms with Gasteiger partial charge in [0.15, 0.2) is 5.13 Å². The fourth-order valence-corrected chi connectivity index (χ4v) is 4.96. The molecule has 1 aromatic heterocycles. The first-order valence-corrected chi connectivity index (χ1v) is 10.6. The molecule has 7 heteroatoms. The van der Waals surface area contributed by atoms with E-state index in [0.717, 1.165) is 11.6 Å². The maximum absolute atomic E-state index is 12.8. The van der Waals surface area contributed by atoms with Gasteiger partial charge < -0.3 is 4.90 Å². The molecule has 0 spiro atoms. The zero-order valence-electron chi connectivity index (χ0n) is 14.1. The summed E-state index contributed by atoms with van der Waals surface area (Å²) < 4.78 is 27.2. The smallest absolute Gasteiger partial charge is 0.243 e. The van der Waals surface area contributed by atoms with Crippen LogP contribution in [0, 0.1) is 0 Å². The quantitative estimate of drug-likeness (QED) is 0.817. The first-order valence-electron chi connectivity index (χ1n) is 8.27. The Morgan fingerprint density at radius 1 is 1.17 bits per heavy atom. The fraction of sp³-hybridized carbons (Fsp3) is 0.471. The summed E-state index contributed by atoms with van der Waals surface area (Å²) in [4.78, 5) is 6.82. The lowest BCUT2D eigenvalue weighted by molar-refractivity contribution is 0.384. The Hall–Kier alpha value is -1.44. The van der Waals surface area contributed by atoms with Crippen molar-refractivity contribution in [2.24, 2.45) is 0 Å². The van der Waals surface area contributed by atoms with Gasteiger partial charge in [0, 0.05) is 37.8 Å². The predicted molar refractivity (Wildman–Crippen MR) is 98.2 cm³/mol. The van der Waals surface area contributed by atoms with Gasteiger partial charge in [0.25, 0.3) is 0 Å². The lowest BCUT2D eigenvalue weighted by atomic mass is 9.99. The van der Waals surface area contributed by atoms with Crippen molar-refractivity contribution in [3.63, 3.8) is 0 Å². The summed E-state index contributed by atoms with van der Waals surface area (Å²) in [5.74, 6) is 0.448. The van der Waals surface area contributed by atoms with E-state index in [1.165, 1.54) is 5.56 Å². The average Bonchev–Trinajstić information content (AvgIpc) is 3.16. The van der Waals surface area contributed by atoms with Crippen molar-refractivity contribution in [2.75, 3.05) is 31.1 Å². The van der Waals surface area contributed by atoms with Crippen LogP contribution in [0.3, 0.4) is 0 Å². The maximum Gasteiger partial charge on any atom is 0.243 e. The minimum Gasteiger partial charge on any atom is -0.345 e. The average molecular weight is 366 g/mol. The van der Waals surface area contributed by atoms with Crippen molar-refractivity contribution in [1.82, 2.24) is 9.29 Å². The third-order valence-electron chi connectivity index (χ3n) is 4.63. The van der Waals surface area contributed by atoms with Crippen LogP contribution in [0.5, 0.6) is 0 Å². The molecule has 3 rings (SSSR count). The number of aromatic nitrogens is 1. The van der Waals surface area contributed by atoms with E-state index >= 15 is 0 Å². The van der Waals surface area contributed by atoms with Crippen LogP contribution in [-0.2, 0) is 10.0 Å². The summed E-state index contributed by atoms with van der Waals surface area (Å²) >= 11 is 1.59. The number of piperazine rings is 1. The monoisotopic (exact) mass is 365 g/mol. The van der Waals surface area contributed by atoms with E-state index in [9.17, 15) is 8.42 Å². The SMILES string of the molecule is CC[C@H](C)c1ccc(S(=O)(=O)N2CCN(c3nccs3)CC2)cc1. The van der Waals surface area contributed by atoms with Gasteiger partial charge in [0.05, 0.1) is 4.90 Å². The van der Waals surface area contributed by atoms with Crippen LogP contribution in [0.4, 0.5) is 5.13 Å². The molecule has 24 heavy (non-hydrogen) atoms. The molecule has 0 radical (unpaired) electrons. The molecule has 2 heterocycles. The molecule has 5 nitrogen and oxygen atoms in total. The molecule has 2 aromatic rings. The van der Waals surface area contributed by atoms with Gasteiger partial charge in [-0.25, -0.2) is 13.4 Å². The van der Waals surface area contributed by atoms with Gasteiger partial charge in [-0.1, -0.05) is 26.0 Å². The van der Waals surface area contributed by atoms with Crippen LogP contribution in [-0.4, -0.2) is 43.9 Å². The Morgan fingerprint density at radius 2 is 1.83 bits per heavy atom. The summed E-state index contributed by atoms with van der Waals surface area (Å²) in [6.07, 6.45) is 2.83. The van der Waals surface area contributed by atoms with E-state index in [0.29, 0.717) is 37.0 Å². The minimum absolute atomic E-state index is 0.386. The number of anilines is 1. The molecular weight excluding hydrogens is 342 g/mol. The normalized spacial score (nSPS) is 17.8. The first-order chi connectivity index (χ1) is 11.5. The van der Waals surface area contributed by atoms with Crippen LogP contribution < -0.4 is 4.90 Å². The summed E-state index contributed by atoms with van der Waals surface area (Å²) in [6, 6.07) is 7.35. The second-order valence-corrected chi connectivity index (χ2v) is 8.90. The van der Waals surface area contributed by atoms with E-state index in [-0.39, 0.29) is 0 Å². The summed E-state index contributed by atoms with van der Waals surface area (Å²) in [7, 11) is -3.41. The molecular formula is C17H23N3O2S2. The highest BCUT2D eigenvalue weighted by atomic mass is 32.2. The van der Waals surface area contributed by atoms with Gasteiger partial charge in [0.1, 0.15) is 0 Å². The largest absolute Gasteiger partial charge is 0.345 e. The Morgan fingerprint density at radius 3 is 2.38 bits per heavy atom. The summed E-state index contributed by atoms with van der Waals surface area (Å²) in [6.45, 7) is 6.64. The van der Waals surface area contributed by atoms with Crippen molar-refractivity contribution in [3.05, 3.63) is 41.4 Å². The molecule has 1 saturated heterocycles. The number of rotatable bonds is 5. The highest BCUT2D eigenvalue weighted by molar-refractivity contribution is 7.89. The first kappa shape index (κ1) is 17.4. The molecule has 1 atom stereocenters. The second kappa shape index (κ2) is 7.21. The van der Waals surface area contributed by atoms with Crippen molar-refractivity contribution in [3.8, 4) is 0 Å². The Labute approximate surface area is 148 Å². The van der Waals surface area contributed by atoms with Gasteiger partial charge >= 0.3 is 0 Å². The fourth-order valence-electron chi connectivity index (χ4n) is 2.84. The highest BCUT2D eigenvalue weighted by Gasteiger charge is 2.29. The molecule has 1 aliphatic rings. The molecule has 0 unspecified atom stereocenters. The van der Waals surface area contributed by atoms with Crippen molar-refractivity contribution in [2.45, 2.75) is 31.1 Å². The van der Waals surface area contributed by atoms with Gasteiger partial charge in [-0.3, -0.25) is 0 Å². The lowest BCUT2D eigenvalue weighted by Crippen LogP contribution is -2.48. The predicted octanol–water partition coefficient (Wildman–Crippen LogP) is 3.17. The molecule has 1 fully saturated rings. The van der Waals surface area contributed by atoms with E-state index in [1.807, 2.05) is 17.5 Å². The van der Waals surface area contributed by atoms with E-state index in [4.69, 9.17) is 0 Å². The molecule has 130 valence electrons. The van der Waals surface area contributed by atoms with Crippen LogP contribution >= 0.6 is 11.3 Å². The zero-order valence-corrected chi connectivity index (χ0v) is 15.7. The van der Waals surface area contributed by atoms with Crippen LogP contribution in [0.15, 0.2) is 40.7 Å². The Kier molecular flexibility index (Phi) is 5.22. The van der Waals surface area contributed by atoms with Crippen LogP contribution in [0.2, 0.25) is 0 Å².